The highest BCUT2D eigenvalue weighted by Crippen LogP contribution is 2.28. The Morgan fingerprint density at radius 1 is 1.55 bits per heavy atom. The number of nitrogens with zero attached hydrogens (tertiary/aromatic N) is 1. The van der Waals surface area contributed by atoms with E-state index in [4.69, 9.17) is 10.5 Å². The van der Waals surface area contributed by atoms with E-state index in [1.165, 1.54) is 23.1 Å². The third-order valence-electron chi connectivity index (χ3n) is 2.41. The van der Waals surface area contributed by atoms with Crippen molar-refractivity contribution in [2.45, 2.75) is 6.92 Å². The van der Waals surface area contributed by atoms with Gasteiger partial charge in [-0.2, -0.15) is 11.8 Å². The standard InChI is InChI=1S/C13H17N3O2S2/c1-2-18-9-3-4-11-10(7-9)15-13(20-11)16-12(17)8-19-6-5-14/h3-4,7H,2,5-6,8,14H2,1H3,(H,15,16,17). The summed E-state index contributed by atoms with van der Waals surface area (Å²) in [4.78, 5) is 16.1. The second kappa shape index (κ2) is 7.47. The predicted molar refractivity (Wildman–Crippen MR) is 85.8 cm³/mol. The van der Waals surface area contributed by atoms with Crippen LogP contribution >= 0.6 is 23.1 Å². The van der Waals surface area contributed by atoms with Crippen molar-refractivity contribution in [3.05, 3.63) is 18.2 Å². The number of ether oxygens (including phenoxy) is 1. The van der Waals surface area contributed by atoms with Gasteiger partial charge in [0.1, 0.15) is 5.75 Å². The zero-order valence-corrected chi connectivity index (χ0v) is 12.9. The van der Waals surface area contributed by atoms with Crippen molar-refractivity contribution in [3.8, 4) is 5.75 Å². The van der Waals surface area contributed by atoms with E-state index in [9.17, 15) is 4.79 Å². The second-order valence-corrected chi connectivity index (χ2v) is 6.11. The number of aromatic nitrogens is 1. The molecule has 0 aliphatic rings. The van der Waals surface area contributed by atoms with Crippen LogP contribution < -0.4 is 15.8 Å². The van der Waals surface area contributed by atoms with Crippen LogP contribution in [0.25, 0.3) is 10.2 Å². The Labute approximate surface area is 125 Å². The third-order valence-corrected chi connectivity index (χ3v) is 4.35. The van der Waals surface area contributed by atoms with Gasteiger partial charge in [0, 0.05) is 18.4 Å². The number of carbonyl (C=O) groups is 1. The number of rotatable bonds is 7. The van der Waals surface area contributed by atoms with E-state index in [1.54, 1.807) is 0 Å². The number of hydrogen-bond donors (Lipinski definition) is 2. The summed E-state index contributed by atoms with van der Waals surface area (Å²) in [5.41, 5.74) is 6.22. The minimum absolute atomic E-state index is 0.0486. The van der Waals surface area contributed by atoms with Gasteiger partial charge in [-0.05, 0) is 19.1 Å². The van der Waals surface area contributed by atoms with Crippen LogP contribution in [0.3, 0.4) is 0 Å². The Bertz CT molecular complexity index is 586. The number of thiazole rings is 1. The number of fused-ring (bicyclic) bond motifs is 1. The molecule has 1 amide bonds. The van der Waals surface area contributed by atoms with Crippen LogP contribution in [0.4, 0.5) is 5.13 Å². The molecule has 0 radical (unpaired) electrons. The molecular formula is C13H17N3O2S2. The molecule has 7 heteroatoms. The van der Waals surface area contributed by atoms with E-state index in [1.807, 2.05) is 25.1 Å². The highest BCUT2D eigenvalue weighted by atomic mass is 32.2. The van der Waals surface area contributed by atoms with E-state index < -0.39 is 0 Å². The number of nitrogens with one attached hydrogen (secondary N) is 1. The van der Waals surface area contributed by atoms with Crippen LogP contribution in [0.2, 0.25) is 0 Å². The maximum Gasteiger partial charge on any atom is 0.236 e. The molecular weight excluding hydrogens is 294 g/mol. The summed E-state index contributed by atoms with van der Waals surface area (Å²) < 4.78 is 6.46. The molecule has 1 heterocycles. The van der Waals surface area contributed by atoms with Gasteiger partial charge in [-0.25, -0.2) is 4.98 Å². The smallest absolute Gasteiger partial charge is 0.236 e. The van der Waals surface area contributed by atoms with Crippen LogP contribution in [0, 0.1) is 0 Å². The van der Waals surface area contributed by atoms with Crippen LogP contribution in [-0.4, -0.2) is 35.5 Å². The minimum Gasteiger partial charge on any atom is -0.494 e. The molecule has 108 valence electrons. The van der Waals surface area contributed by atoms with Crippen LogP contribution in [0.1, 0.15) is 6.92 Å². The molecule has 2 aromatic rings. The van der Waals surface area contributed by atoms with Crippen LogP contribution in [0.5, 0.6) is 5.75 Å². The number of thioether (sulfide) groups is 1. The number of amides is 1. The first kappa shape index (κ1) is 15.1. The monoisotopic (exact) mass is 311 g/mol. The molecule has 1 aromatic heterocycles. The summed E-state index contributed by atoms with van der Waals surface area (Å²) in [5, 5.41) is 3.43. The molecule has 5 nitrogen and oxygen atoms in total. The van der Waals surface area contributed by atoms with Crippen molar-refractivity contribution in [1.29, 1.82) is 0 Å². The Hall–Kier alpha value is -1.31. The summed E-state index contributed by atoms with van der Waals surface area (Å²) in [6.45, 7) is 3.15. The number of anilines is 1. The van der Waals surface area contributed by atoms with Gasteiger partial charge in [-0.3, -0.25) is 4.79 Å². The predicted octanol–water partition coefficient (Wildman–Crippen LogP) is 2.33. The summed E-state index contributed by atoms with van der Waals surface area (Å²) in [7, 11) is 0. The van der Waals surface area contributed by atoms with Gasteiger partial charge in [-0.15, -0.1) is 0 Å². The molecule has 0 bridgehead atoms. The highest BCUT2D eigenvalue weighted by molar-refractivity contribution is 7.99. The number of carbonyl (C=O) groups excluding carboxylic acids is 1. The lowest BCUT2D eigenvalue weighted by molar-refractivity contribution is -0.113. The Balaban J connectivity index is 2.02. The van der Waals surface area contributed by atoms with E-state index in [2.05, 4.69) is 10.3 Å². The first-order valence-corrected chi connectivity index (χ1v) is 8.31. The van der Waals surface area contributed by atoms with Gasteiger partial charge >= 0.3 is 0 Å². The maximum atomic E-state index is 11.7. The topological polar surface area (TPSA) is 77.2 Å². The largest absolute Gasteiger partial charge is 0.494 e. The molecule has 20 heavy (non-hydrogen) atoms. The van der Waals surface area contributed by atoms with E-state index in [-0.39, 0.29) is 5.91 Å². The summed E-state index contributed by atoms with van der Waals surface area (Å²) in [6, 6.07) is 5.75. The molecule has 3 N–H and O–H groups in total. The van der Waals surface area contributed by atoms with Gasteiger partial charge in [0.2, 0.25) is 5.91 Å². The Morgan fingerprint density at radius 3 is 3.15 bits per heavy atom. The summed E-state index contributed by atoms with van der Waals surface area (Å²) in [6.07, 6.45) is 0. The van der Waals surface area contributed by atoms with Crippen molar-refractivity contribution in [2.24, 2.45) is 5.73 Å². The molecule has 0 unspecified atom stereocenters. The molecule has 0 aliphatic heterocycles. The first-order chi connectivity index (χ1) is 9.72. The van der Waals surface area contributed by atoms with Crippen molar-refractivity contribution in [2.75, 3.05) is 30.0 Å². The first-order valence-electron chi connectivity index (χ1n) is 6.34. The fraction of sp³-hybridized carbons (Fsp3) is 0.385. The SMILES string of the molecule is CCOc1ccc2sc(NC(=O)CSCCN)nc2c1. The highest BCUT2D eigenvalue weighted by Gasteiger charge is 2.08. The average Bonchev–Trinajstić information content (AvgIpc) is 2.80. The fourth-order valence-electron chi connectivity index (χ4n) is 1.62. The molecule has 0 atom stereocenters. The normalized spacial score (nSPS) is 10.7. The van der Waals surface area contributed by atoms with Gasteiger partial charge in [-0.1, -0.05) is 11.3 Å². The molecule has 2 rings (SSSR count). The quantitative estimate of drug-likeness (QED) is 0.767. The maximum absolute atomic E-state index is 11.7. The number of hydrogen-bond acceptors (Lipinski definition) is 6. The lowest BCUT2D eigenvalue weighted by atomic mass is 10.3. The van der Waals surface area contributed by atoms with Crippen molar-refractivity contribution in [1.82, 2.24) is 4.98 Å². The molecule has 0 aliphatic carbocycles. The average molecular weight is 311 g/mol. The van der Waals surface area contributed by atoms with Crippen LogP contribution in [0.15, 0.2) is 18.2 Å². The molecule has 0 saturated carbocycles. The van der Waals surface area contributed by atoms with Crippen molar-refractivity contribution >= 4 is 44.4 Å². The minimum atomic E-state index is -0.0486. The van der Waals surface area contributed by atoms with Gasteiger partial charge in [0.05, 0.1) is 22.6 Å². The molecule has 1 aromatic carbocycles. The van der Waals surface area contributed by atoms with Crippen LogP contribution in [-0.2, 0) is 4.79 Å². The third kappa shape index (κ3) is 4.09. The van der Waals surface area contributed by atoms with Crippen molar-refractivity contribution in [3.63, 3.8) is 0 Å². The Morgan fingerprint density at radius 2 is 2.40 bits per heavy atom. The zero-order valence-electron chi connectivity index (χ0n) is 11.2. The van der Waals surface area contributed by atoms with Gasteiger partial charge in [0.25, 0.3) is 0 Å². The Kier molecular flexibility index (Phi) is 5.63. The van der Waals surface area contributed by atoms with E-state index >= 15 is 0 Å². The number of benzene rings is 1. The lowest BCUT2D eigenvalue weighted by Gasteiger charge is -2.00. The number of nitrogens with two attached hydrogens (primary N) is 1. The second-order valence-electron chi connectivity index (χ2n) is 3.97. The summed E-state index contributed by atoms with van der Waals surface area (Å²) in [5.74, 6) is 1.93. The fourth-order valence-corrected chi connectivity index (χ4v) is 3.05. The molecule has 0 spiro atoms. The van der Waals surface area contributed by atoms with Crippen molar-refractivity contribution < 1.29 is 9.53 Å². The molecule has 0 fully saturated rings. The lowest BCUT2D eigenvalue weighted by Crippen LogP contribution is -2.15. The van der Waals surface area contributed by atoms with Gasteiger partial charge < -0.3 is 15.8 Å². The van der Waals surface area contributed by atoms with Gasteiger partial charge in [0.15, 0.2) is 5.13 Å². The summed E-state index contributed by atoms with van der Waals surface area (Å²) >= 11 is 2.98. The zero-order chi connectivity index (χ0) is 14.4. The molecule has 0 saturated heterocycles. The van der Waals surface area contributed by atoms with E-state index in [0.29, 0.717) is 24.0 Å². The van der Waals surface area contributed by atoms with E-state index in [0.717, 1.165) is 21.7 Å².